The van der Waals surface area contributed by atoms with Crippen LogP contribution in [0.1, 0.15) is 11.1 Å². The summed E-state index contributed by atoms with van der Waals surface area (Å²) in [6.45, 7) is 1.90. The third-order valence-electron chi connectivity index (χ3n) is 1.74. The van der Waals surface area contributed by atoms with E-state index in [4.69, 9.17) is 0 Å². The van der Waals surface area contributed by atoms with Crippen LogP contribution < -0.4 is 0 Å². The van der Waals surface area contributed by atoms with E-state index in [1.807, 2.05) is 6.92 Å². The molecule has 1 aromatic carbocycles. The Hall–Kier alpha value is -1.25. The molecule has 1 rings (SSSR count). The number of hydrogen-bond acceptors (Lipinski definition) is 1. The molecule has 1 aromatic rings. The van der Waals surface area contributed by atoms with Gasteiger partial charge in [-0.2, -0.15) is 0 Å². The molecule has 0 aliphatic carbocycles. The maximum absolute atomic E-state index is 11.8. The van der Waals surface area contributed by atoms with E-state index in [1.54, 1.807) is 24.3 Å². The molecule has 0 aromatic heterocycles. The van der Waals surface area contributed by atoms with Crippen molar-refractivity contribution in [2.45, 2.75) is 19.8 Å². The summed E-state index contributed by atoms with van der Waals surface area (Å²) in [6, 6.07) is 6.98. The highest BCUT2D eigenvalue weighted by molar-refractivity contribution is 5.83. The minimum Gasteiger partial charge on any atom is -0.293 e. The van der Waals surface area contributed by atoms with E-state index in [0.29, 0.717) is 5.56 Å². The van der Waals surface area contributed by atoms with Crippen molar-refractivity contribution in [3.05, 3.63) is 35.4 Å². The molecule has 0 N–H and O–H groups in total. The molecule has 0 saturated heterocycles. The molecule has 0 heterocycles. The van der Waals surface area contributed by atoms with Gasteiger partial charge in [0.15, 0.2) is 0 Å². The van der Waals surface area contributed by atoms with Crippen LogP contribution in [0, 0.1) is 6.92 Å². The average molecular weight is 184 g/mol. The van der Waals surface area contributed by atoms with Crippen LogP contribution in [-0.2, 0) is 11.2 Å². The summed E-state index contributed by atoms with van der Waals surface area (Å²) in [5, 5.41) is 0. The lowest BCUT2D eigenvalue weighted by molar-refractivity contribution is -0.128. The van der Waals surface area contributed by atoms with Crippen LogP contribution in [-0.4, -0.2) is 12.2 Å². The van der Waals surface area contributed by atoms with Crippen molar-refractivity contribution in [3.63, 3.8) is 0 Å². The predicted molar refractivity (Wildman–Crippen MR) is 45.9 cm³/mol. The molecule has 0 aliphatic rings. The van der Waals surface area contributed by atoms with Gasteiger partial charge in [-0.25, -0.2) is 8.78 Å². The third kappa shape index (κ3) is 2.93. The SMILES string of the molecule is Cc1ccc(CC(=O)C(F)F)cc1. The van der Waals surface area contributed by atoms with Crippen molar-refractivity contribution >= 4 is 5.78 Å². The summed E-state index contributed by atoms with van der Waals surface area (Å²) in [5.74, 6) is -1.02. The fourth-order valence-electron chi connectivity index (χ4n) is 0.984. The first-order chi connectivity index (χ1) is 6.09. The molecule has 0 bridgehead atoms. The molecular weight excluding hydrogens is 174 g/mol. The van der Waals surface area contributed by atoms with Gasteiger partial charge in [0.25, 0.3) is 6.43 Å². The number of ketones is 1. The van der Waals surface area contributed by atoms with Crippen LogP contribution in [0.3, 0.4) is 0 Å². The van der Waals surface area contributed by atoms with Gasteiger partial charge in [0.05, 0.1) is 0 Å². The van der Waals surface area contributed by atoms with E-state index in [0.717, 1.165) is 5.56 Å². The Kier molecular flexibility index (Phi) is 3.12. The summed E-state index contributed by atoms with van der Waals surface area (Å²) < 4.78 is 23.7. The molecule has 3 heteroatoms. The van der Waals surface area contributed by atoms with E-state index >= 15 is 0 Å². The second kappa shape index (κ2) is 4.12. The summed E-state index contributed by atoms with van der Waals surface area (Å²) in [4.78, 5) is 10.6. The maximum Gasteiger partial charge on any atom is 0.296 e. The van der Waals surface area contributed by atoms with Gasteiger partial charge in [0, 0.05) is 6.42 Å². The molecule has 0 spiro atoms. The summed E-state index contributed by atoms with van der Waals surface area (Å²) in [7, 11) is 0. The predicted octanol–water partition coefficient (Wildman–Crippen LogP) is 2.37. The van der Waals surface area contributed by atoms with Gasteiger partial charge in [0.1, 0.15) is 0 Å². The first-order valence-corrected chi connectivity index (χ1v) is 3.96. The van der Waals surface area contributed by atoms with Gasteiger partial charge in [0.2, 0.25) is 5.78 Å². The Bertz CT molecular complexity index is 290. The number of Topliss-reactive ketones (excluding diaryl/α,β-unsaturated/α-hetero) is 1. The van der Waals surface area contributed by atoms with Crippen molar-refractivity contribution in [2.75, 3.05) is 0 Å². The van der Waals surface area contributed by atoms with Crippen molar-refractivity contribution in [3.8, 4) is 0 Å². The number of rotatable bonds is 3. The summed E-state index contributed by atoms with van der Waals surface area (Å²) >= 11 is 0. The van der Waals surface area contributed by atoms with E-state index in [1.165, 1.54) is 0 Å². The molecule has 0 radical (unpaired) electrons. The van der Waals surface area contributed by atoms with Gasteiger partial charge in [-0.05, 0) is 12.5 Å². The normalized spacial score (nSPS) is 10.5. The number of halogens is 2. The molecule has 0 fully saturated rings. The van der Waals surface area contributed by atoms with Crippen molar-refractivity contribution in [1.29, 1.82) is 0 Å². The highest BCUT2D eigenvalue weighted by Crippen LogP contribution is 2.06. The zero-order valence-corrected chi connectivity index (χ0v) is 7.26. The van der Waals surface area contributed by atoms with Crippen molar-refractivity contribution < 1.29 is 13.6 Å². The van der Waals surface area contributed by atoms with Gasteiger partial charge in [-0.1, -0.05) is 29.8 Å². The zero-order valence-electron chi connectivity index (χ0n) is 7.26. The third-order valence-corrected chi connectivity index (χ3v) is 1.74. The molecular formula is C10H10F2O. The van der Waals surface area contributed by atoms with Gasteiger partial charge < -0.3 is 0 Å². The second-order valence-corrected chi connectivity index (χ2v) is 2.93. The zero-order chi connectivity index (χ0) is 9.84. The molecule has 0 atom stereocenters. The molecule has 0 aliphatic heterocycles. The lowest BCUT2D eigenvalue weighted by Gasteiger charge is -2.00. The van der Waals surface area contributed by atoms with Crippen molar-refractivity contribution in [1.82, 2.24) is 0 Å². The molecule has 70 valence electrons. The highest BCUT2D eigenvalue weighted by atomic mass is 19.3. The van der Waals surface area contributed by atoms with E-state index < -0.39 is 12.2 Å². The van der Waals surface area contributed by atoms with Crippen LogP contribution >= 0.6 is 0 Å². The van der Waals surface area contributed by atoms with E-state index in [2.05, 4.69) is 0 Å². The van der Waals surface area contributed by atoms with E-state index in [9.17, 15) is 13.6 Å². The molecule has 13 heavy (non-hydrogen) atoms. The van der Waals surface area contributed by atoms with E-state index in [-0.39, 0.29) is 6.42 Å². The Morgan fingerprint density at radius 1 is 1.31 bits per heavy atom. The Morgan fingerprint density at radius 3 is 2.31 bits per heavy atom. The molecule has 0 amide bonds. The highest BCUT2D eigenvalue weighted by Gasteiger charge is 2.14. The first kappa shape index (κ1) is 9.84. The minimum absolute atomic E-state index is 0.183. The number of carbonyl (C=O) groups is 1. The van der Waals surface area contributed by atoms with Gasteiger partial charge in [-0.3, -0.25) is 4.79 Å². The number of hydrogen-bond donors (Lipinski definition) is 0. The van der Waals surface area contributed by atoms with Gasteiger partial charge >= 0.3 is 0 Å². The fourth-order valence-corrected chi connectivity index (χ4v) is 0.984. The summed E-state index contributed by atoms with van der Waals surface area (Å²) in [6.07, 6.45) is -3.04. The lowest BCUT2D eigenvalue weighted by Crippen LogP contribution is -2.12. The van der Waals surface area contributed by atoms with Crippen molar-refractivity contribution in [2.24, 2.45) is 0 Å². The largest absolute Gasteiger partial charge is 0.296 e. The monoisotopic (exact) mass is 184 g/mol. The maximum atomic E-state index is 11.8. The van der Waals surface area contributed by atoms with Crippen LogP contribution in [0.4, 0.5) is 8.78 Å². The Labute approximate surface area is 75.4 Å². The number of benzene rings is 1. The fraction of sp³-hybridized carbons (Fsp3) is 0.300. The molecule has 0 saturated carbocycles. The average Bonchev–Trinajstić information content (AvgIpc) is 2.08. The number of alkyl halides is 2. The Balaban J connectivity index is 2.65. The van der Waals surface area contributed by atoms with Gasteiger partial charge in [-0.15, -0.1) is 0 Å². The van der Waals surface area contributed by atoms with Crippen LogP contribution in [0.2, 0.25) is 0 Å². The minimum atomic E-state index is -2.86. The standard InChI is InChI=1S/C10H10F2O/c1-7-2-4-8(5-3-7)6-9(13)10(11)12/h2-5,10H,6H2,1H3. The summed E-state index contributed by atoms with van der Waals surface area (Å²) in [5.41, 5.74) is 1.68. The Morgan fingerprint density at radius 2 is 1.85 bits per heavy atom. The molecule has 0 unspecified atom stereocenters. The quantitative estimate of drug-likeness (QED) is 0.704. The number of aryl methyl sites for hydroxylation is 1. The van der Waals surface area contributed by atoms with Crippen LogP contribution in [0.5, 0.6) is 0 Å². The van der Waals surface area contributed by atoms with Crippen LogP contribution in [0.15, 0.2) is 24.3 Å². The van der Waals surface area contributed by atoms with Crippen LogP contribution in [0.25, 0.3) is 0 Å². The molecule has 1 nitrogen and oxygen atoms in total. The number of carbonyl (C=O) groups excluding carboxylic acids is 1. The topological polar surface area (TPSA) is 17.1 Å². The smallest absolute Gasteiger partial charge is 0.293 e. The lowest BCUT2D eigenvalue weighted by atomic mass is 10.1. The second-order valence-electron chi connectivity index (χ2n) is 2.93. The first-order valence-electron chi connectivity index (χ1n) is 3.96.